The van der Waals surface area contributed by atoms with E-state index in [9.17, 15) is 8.78 Å². The fourth-order valence-corrected chi connectivity index (χ4v) is 1.40. The monoisotopic (exact) mass is 228 g/mol. The summed E-state index contributed by atoms with van der Waals surface area (Å²) in [5.41, 5.74) is 0.367. The van der Waals surface area contributed by atoms with Crippen LogP contribution in [0, 0.1) is 11.6 Å². The lowest BCUT2D eigenvalue weighted by Gasteiger charge is -2.03. The van der Waals surface area contributed by atoms with E-state index in [0.717, 1.165) is 17.6 Å². The lowest BCUT2D eigenvalue weighted by atomic mass is 10.2. The highest BCUT2D eigenvalue weighted by Crippen LogP contribution is 2.12. The van der Waals surface area contributed by atoms with Crippen LogP contribution >= 0.6 is 11.5 Å². The Hall–Kier alpha value is -1.63. The number of nitrogens with one attached hydrogen (secondary N) is 1. The predicted octanol–water partition coefficient (Wildman–Crippen LogP) is 1.82. The average Bonchev–Trinajstić information content (AvgIpc) is 2.69. The molecule has 7 heteroatoms. The molecule has 2 rings (SSSR count). The first kappa shape index (κ1) is 9.91. The second-order valence-corrected chi connectivity index (χ2v) is 3.49. The minimum Gasteiger partial charge on any atom is -0.355 e. The zero-order valence-corrected chi connectivity index (χ0v) is 8.26. The molecule has 0 aliphatic heterocycles. The fraction of sp³-hybridized carbons (Fsp3) is 0.125. The molecule has 2 aromatic rings. The first-order valence-electron chi connectivity index (χ1n) is 4.08. The number of nitrogens with zero attached hydrogens (tertiary/aromatic N) is 3. The Bertz CT molecular complexity index is 446. The van der Waals surface area contributed by atoms with Gasteiger partial charge < -0.3 is 5.32 Å². The lowest BCUT2D eigenvalue weighted by Crippen LogP contribution is -2.01. The Balaban J connectivity index is 2.05. The van der Waals surface area contributed by atoms with Crippen LogP contribution in [0.15, 0.2) is 18.2 Å². The number of aromatic nitrogens is 3. The Labute approximate surface area is 88.1 Å². The van der Waals surface area contributed by atoms with E-state index in [1.54, 1.807) is 0 Å². The summed E-state index contributed by atoms with van der Waals surface area (Å²) in [4.78, 5) is 0. The van der Waals surface area contributed by atoms with E-state index in [4.69, 9.17) is 0 Å². The van der Waals surface area contributed by atoms with Gasteiger partial charge in [0.15, 0.2) is 0 Å². The van der Waals surface area contributed by atoms with Crippen LogP contribution in [0.2, 0.25) is 0 Å². The highest BCUT2D eigenvalue weighted by Gasteiger charge is 2.04. The number of hydrogen-bond donors (Lipinski definition) is 1. The molecular weight excluding hydrogens is 222 g/mol. The Morgan fingerprint density at radius 3 is 2.87 bits per heavy atom. The van der Waals surface area contributed by atoms with Gasteiger partial charge in [0.2, 0.25) is 5.13 Å². The topological polar surface area (TPSA) is 50.7 Å². The molecule has 0 unspecified atom stereocenters. The largest absolute Gasteiger partial charge is 0.355 e. The van der Waals surface area contributed by atoms with Crippen LogP contribution in [0.1, 0.15) is 5.56 Å². The highest BCUT2D eigenvalue weighted by atomic mass is 32.1. The SMILES string of the molecule is Fc1ccc(CNc2nnns2)c(F)c1. The molecule has 4 nitrogen and oxygen atoms in total. The van der Waals surface area contributed by atoms with Gasteiger partial charge >= 0.3 is 0 Å². The molecule has 0 atom stereocenters. The Morgan fingerprint density at radius 2 is 2.20 bits per heavy atom. The van der Waals surface area contributed by atoms with Crippen molar-refractivity contribution < 1.29 is 8.78 Å². The van der Waals surface area contributed by atoms with E-state index in [1.807, 2.05) is 0 Å². The van der Waals surface area contributed by atoms with Gasteiger partial charge in [0, 0.05) is 29.7 Å². The summed E-state index contributed by atoms with van der Waals surface area (Å²) in [5.74, 6) is -1.17. The quantitative estimate of drug-likeness (QED) is 0.870. The van der Waals surface area contributed by atoms with E-state index < -0.39 is 11.6 Å². The third kappa shape index (κ3) is 2.44. The minimum absolute atomic E-state index is 0.225. The van der Waals surface area contributed by atoms with Crippen molar-refractivity contribution in [3.05, 3.63) is 35.4 Å². The van der Waals surface area contributed by atoms with Gasteiger partial charge in [-0.15, -0.1) is 0 Å². The van der Waals surface area contributed by atoms with Gasteiger partial charge in [-0.25, -0.2) is 8.78 Å². The van der Waals surface area contributed by atoms with Crippen LogP contribution < -0.4 is 5.32 Å². The molecule has 0 saturated heterocycles. The zero-order chi connectivity index (χ0) is 10.7. The number of hydrogen-bond acceptors (Lipinski definition) is 5. The van der Waals surface area contributed by atoms with Crippen molar-refractivity contribution in [2.75, 3.05) is 5.32 Å². The summed E-state index contributed by atoms with van der Waals surface area (Å²) in [5, 5.41) is 10.3. The van der Waals surface area contributed by atoms with Crippen LogP contribution in [0.4, 0.5) is 13.9 Å². The predicted molar refractivity (Wildman–Crippen MR) is 51.4 cm³/mol. The average molecular weight is 228 g/mol. The van der Waals surface area contributed by atoms with Crippen molar-refractivity contribution in [3.8, 4) is 0 Å². The van der Waals surface area contributed by atoms with Gasteiger partial charge in [0.1, 0.15) is 11.6 Å². The van der Waals surface area contributed by atoms with E-state index in [2.05, 4.69) is 20.1 Å². The molecule has 0 amide bonds. The molecule has 0 bridgehead atoms. The van der Waals surface area contributed by atoms with Gasteiger partial charge in [0.25, 0.3) is 0 Å². The summed E-state index contributed by atoms with van der Waals surface area (Å²) in [6.45, 7) is 0.225. The van der Waals surface area contributed by atoms with Crippen molar-refractivity contribution in [1.82, 2.24) is 14.8 Å². The minimum atomic E-state index is -0.589. The second kappa shape index (κ2) is 4.26. The molecule has 1 aromatic heterocycles. The molecule has 0 fully saturated rings. The molecule has 0 radical (unpaired) electrons. The van der Waals surface area contributed by atoms with Crippen LogP contribution in [0.5, 0.6) is 0 Å². The summed E-state index contributed by atoms with van der Waals surface area (Å²) in [7, 11) is 0. The van der Waals surface area contributed by atoms with Gasteiger partial charge in [-0.2, -0.15) is 0 Å². The van der Waals surface area contributed by atoms with Crippen LogP contribution in [0.25, 0.3) is 0 Å². The standard InChI is InChI=1S/C8H6F2N4S/c9-6-2-1-5(7(10)3-6)4-11-8-12-13-14-15-8/h1-3H,4H2,(H,11,12,14). The molecular formula is C8H6F2N4S. The second-order valence-electron chi connectivity index (χ2n) is 2.76. The molecule has 0 saturated carbocycles. The molecule has 1 aromatic carbocycles. The fourth-order valence-electron chi connectivity index (χ4n) is 1.04. The van der Waals surface area contributed by atoms with Crippen molar-refractivity contribution >= 4 is 16.7 Å². The number of halogens is 2. The van der Waals surface area contributed by atoms with E-state index in [1.165, 1.54) is 12.1 Å². The summed E-state index contributed by atoms with van der Waals surface area (Å²) in [6.07, 6.45) is 0. The molecule has 1 heterocycles. The number of rotatable bonds is 3. The van der Waals surface area contributed by atoms with Crippen LogP contribution in [0.3, 0.4) is 0 Å². The highest BCUT2D eigenvalue weighted by molar-refractivity contribution is 7.09. The first-order chi connectivity index (χ1) is 7.25. The maximum Gasteiger partial charge on any atom is 0.225 e. The van der Waals surface area contributed by atoms with Gasteiger partial charge in [-0.1, -0.05) is 15.7 Å². The third-order valence-corrected chi connectivity index (χ3v) is 2.30. The summed E-state index contributed by atoms with van der Waals surface area (Å²) >= 11 is 1.07. The maximum atomic E-state index is 13.2. The van der Waals surface area contributed by atoms with Crippen molar-refractivity contribution in [3.63, 3.8) is 0 Å². The van der Waals surface area contributed by atoms with Crippen LogP contribution in [-0.4, -0.2) is 14.8 Å². The van der Waals surface area contributed by atoms with Gasteiger partial charge in [-0.05, 0) is 11.3 Å². The summed E-state index contributed by atoms with van der Waals surface area (Å²) in [6, 6.07) is 3.43. The van der Waals surface area contributed by atoms with E-state index >= 15 is 0 Å². The normalized spacial score (nSPS) is 10.3. The van der Waals surface area contributed by atoms with Gasteiger partial charge in [0.05, 0.1) is 0 Å². The molecule has 15 heavy (non-hydrogen) atoms. The smallest absolute Gasteiger partial charge is 0.225 e. The summed E-state index contributed by atoms with van der Waals surface area (Å²) < 4.78 is 29.3. The Kier molecular flexibility index (Phi) is 2.82. The molecule has 0 aliphatic rings. The molecule has 0 spiro atoms. The number of anilines is 1. The Morgan fingerprint density at radius 1 is 1.33 bits per heavy atom. The van der Waals surface area contributed by atoms with Crippen molar-refractivity contribution in [2.45, 2.75) is 6.54 Å². The van der Waals surface area contributed by atoms with Crippen molar-refractivity contribution in [1.29, 1.82) is 0 Å². The van der Waals surface area contributed by atoms with E-state index in [0.29, 0.717) is 10.7 Å². The molecule has 78 valence electrons. The lowest BCUT2D eigenvalue weighted by molar-refractivity contribution is 0.574. The van der Waals surface area contributed by atoms with E-state index in [-0.39, 0.29) is 6.54 Å². The molecule has 0 aliphatic carbocycles. The maximum absolute atomic E-state index is 13.2. The molecule has 1 N–H and O–H groups in total. The third-order valence-electron chi connectivity index (χ3n) is 1.74. The van der Waals surface area contributed by atoms with Crippen LogP contribution in [-0.2, 0) is 6.54 Å². The van der Waals surface area contributed by atoms with Gasteiger partial charge in [-0.3, -0.25) is 0 Å². The first-order valence-corrected chi connectivity index (χ1v) is 4.86. The van der Waals surface area contributed by atoms with Crippen molar-refractivity contribution in [2.24, 2.45) is 0 Å². The zero-order valence-electron chi connectivity index (χ0n) is 7.44. The number of benzene rings is 1.